The lowest BCUT2D eigenvalue weighted by Crippen LogP contribution is -2.34. The summed E-state index contributed by atoms with van der Waals surface area (Å²) in [7, 11) is -4.05. The van der Waals surface area contributed by atoms with E-state index < -0.39 is 50.6 Å². The molecule has 1 aliphatic rings. The first-order chi connectivity index (χ1) is 19.5. The van der Waals surface area contributed by atoms with Crippen molar-refractivity contribution in [2.45, 2.75) is 35.5 Å². The zero-order valence-corrected chi connectivity index (χ0v) is 22.5. The highest BCUT2D eigenvalue weighted by Gasteiger charge is 2.40. The molecule has 42 heavy (non-hydrogen) atoms. The molecule has 1 unspecified atom stereocenters. The van der Waals surface area contributed by atoms with Crippen LogP contribution in [0, 0.1) is 5.41 Å². The standard InChI is InChI=1S/C29H22F6N2O4S/c1-27(15-3-6-20(17-27)29(33,34)35)26(39)37-22-9-13-24(14-10-22)42(40,41)23-11-7-21(8-12-23)36-25(38)18-4-2-5-19(16-18)28(30,31)32/h2-14,16-17H,15H2,1H3,(H,36,38)(H,37,39). The lowest BCUT2D eigenvalue weighted by Gasteiger charge is -2.28. The summed E-state index contributed by atoms with van der Waals surface area (Å²) in [6.45, 7) is 1.36. The van der Waals surface area contributed by atoms with Crippen LogP contribution < -0.4 is 10.6 Å². The van der Waals surface area contributed by atoms with E-state index in [9.17, 15) is 44.3 Å². The largest absolute Gasteiger partial charge is 0.416 e. The molecule has 6 nitrogen and oxygen atoms in total. The summed E-state index contributed by atoms with van der Waals surface area (Å²) in [5.41, 5.74) is -3.32. The Balaban J connectivity index is 1.44. The van der Waals surface area contributed by atoms with Crippen LogP contribution in [0.3, 0.4) is 0 Å². The monoisotopic (exact) mass is 608 g/mol. The number of hydrogen-bond donors (Lipinski definition) is 2. The molecule has 2 N–H and O–H groups in total. The van der Waals surface area contributed by atoms with Gasteiger partial charge in [-0.2, -0.15) is 26.3 Å². The number of amides is 2. The lowest BCUT2D eigenvalue weighted by atomic mass is 9.80. The van der Waals surface area contributed by atoms with Gasteiger partial charge in [-0.3, -0.25) is 9.59 Å². The number of rotatable bonds is 6. The van der Waals surface area contributed by atoms with Crippen LogP contribution in [-0.2, 0) is 20.8 Å². The Bertz CT molecular complexity index is 1680. The minimum absolute atomic E-state index is 0.0429. The second-order valence-corrected chi connectivity index (χ2v) is 11.6. The first-order valence-corrected chi connectivity index (χ1v) is 13.7. The third-order valence-electron chi connectivity index (χ3n) is 6.46. The minimum Gasteiger partial charge on any atom is -0.325 e. The Morgan fingerprint density at radius 3 is 1.86 bits per heavy atom. The molecule has 0 saturated heterocycles. The summed E-state index contributed by atoms with van der Waals surface area (Å²) >= 11 is 0. The molecule has 220 valence electrons. The maximum absolute atomic E-state index is 13.1. The fourth-order valence-electron chi connectivity index (χ4n) is 4.10. The quantitative estimate of drug-likeness (QED) is 0.290. The Morgan fingerprint density at radius 2 is 1.33 bits per heavy atom. The van der Waals surface area contributed by atoms with E-state index in [2.05, 4.69) is 10.6 Å². The molecule has 13 heteroatoms. The predicted molar refractivity (Wildman–Crippen MR) is 142 cm³/mol. The molecule has 0 heterocycles. The van der Waals surface area contributed by atoms with Crippen LogP contribution in [0.1, 0.15) is 29.3 Å². The number of hydrogen-bond acceptors (Lipinski definition) is 4. The Hall–Kier alpha value is -4.39. The molecule has 0 bridgehead atoms. The summed E-state index contributed by atoms with van der Waals surface area (Å²) in [5.74, 6) is -1.52. The number of benzene rings is 3. The fourth-order valence-corrected chi connectivity index (χ4v) is 5.36. The van der Waals surface area contributed by atoms with E-state index in [-0.39, 0.29) is 33.2 Å². The average molecular weight is 609 g/mol. The molecule has 0 fully saturated rings. The zero-order valence-electron chi connectivity index (χ0n) is 21.7. The summed E-state index contributed by atoms with van der Waals surface area (Å²) in [5, 5.41) is 4.92. The second-order valence-electron chi connectivity index (χ2n) is 9.66. The molecule has 0 spiro atoms. The van der Waals surface area contributed by atoms with Gasteiger partial charge in [-0.25, -0.2) is 8.42 Å². The Kier molecular flexibility index (Phi) is 8.09. The molecule has 0 saturated carbocycles. The van der Waals surface area contributed by atoms with Gasteiger partial charge in [-0.15, -0.1) is 0 Å². The molecule has 0 aliphatic heterocycles. The SMILES string of the molecule is CC1(C(=O)Nc2ccc(S(=O)(=O)c3ccc(NC(=O)c4cccc(C(F)(F)F)c4)cc3)cc2)C=C(C(F)(F)F)C=CC1. The van der Waals surface area contributed by atoms with Gasteiger partial charge in [-0.1, -0.05) is 24.3 Å². The maximum atomic E-state index is 13.1. The van der Waals surface area contributed by atoms with Gasteiger partial charge in [0.05, 0.1) is 26.3 Å². The van der Waals surface area contributed by atoms with Crippen molar-refractivity contribution in [2.24, 2.45) is 5.41 Å². The van der Waals surface area contributed by atoms with Crippen LogP contribution in [-0.4, -0.2) is 26.4 Å². The van der Waals surface area contributed by atoms with Gasteiger partial charge < -0.3 is 10.6 Å². The van der Waals surface area contributed by atoms with Gasteiger partial charge in [0.25, 0.3) is 5.91 Å². The molecule has 3 aromatic rings. The van der Waals surface area contributed by atoms with Crippen LogP contribution in [0.2, 0.25) is 0 Å². The number of allylic oxidation sites excluding steroid dienone is 3. The van der Waals surface area contributed by atoms with E-state index in [1.165, 1.54) is 67.6 Å². The van der Waals surface area contributed by atoms with Gasteiger partial charge in [0.1, 0.15) is 0 Å². The van der Waals surface area contributed by atoms with E-state index in [4.69, 9.17) is 0 Å². The van der Waals surface area contributed by atoms with Crippen molar-refractivity contribution in [2.75, 3.05) is 10.6 Å². The van der Waals surface area contributed by atoms with Gasteiger partial charge in [-0.05, 0) is 80.1 Å². The second kappa shape index (κ2) is 11.1. The molecular formula is C29H22F6N2O4S. The van der Waals surface area contributed by atoms with Crippen LogP contribution >= 0.6 is 0 Å². The number of sulfone groups is 1. The molecule has 1 atom stereocenters. The highest BCUT2D eigenvalue weighted by molar-refractivity contribution is 7.91. The van der Waals surface area contributed by atoms with Crippen LogP contribution in [0.5, 0.6) is 0 Å². The topological polar surface area (TPSA) is 92.3 Å². The van der Waals surface area contributed by atoms with Crippen molar-refractivity contribution in [3.05, 3.63) is 108 Å². The van der Waals surface area contributed by atoms with E-state index in [0.717, 1.165) is 24.3 Å². The Morgan fingerprint density at radius 1 is 0.786 bits per heavy atom. The van der Waals surface area contributed by atoms with Gasteiger partial charge in [0, 0.05) is 16.9 Å². The van der Waals surface area contributed by atoms with E-state index in [1.807, 2.05) is 0 Å². The van der Waals surface area contributed by atoms with Gasteiger partial charge in [0.2, 0.25) is 15.7 Å². The summed E-state index contributed by atoms with van der Waals surface area (Å²) in [4.78, 5) is 24.9. The zero-order chi connectivity index (χ0) is 30.9. The van der Waals surface area contributed by atoms with Crippen LogP contribution in [0.15, 0.2) is 106 Å². The van der Waals surface area contributed by atoms with E-state index in [1.54, 1.807) is 0 Å². The van der Waals surface area contributed by atoms with Crippen molar-refractivity contribution in [3.63, 3.8) is 0 Å². The third-order valence-corrected chi connectivity index (χ3v) is 8.24. The maximum Gasteiger partial charge on any atom is 0.416 e. The number of halogens is 6. The number of alkyl halides is 6. The normalized spacial score (nSPS) is 17.4. The van der Waals surface area contributed by atoms with Crippen molar-refractivity contribution in [3.8, 4) is 0 Å². The van der Waals surface area contributed by atoms with Crippen molar-refractivity contribution < 1.29 is 44.3 Å². The highest BCUT2D eigenvalue weighted by atomic mass is 32.2. The van der Waals surface area contributed by atoms with E-state index >= 15 is 0 Å². The van der Waals surface area contributed by atoms with E-state index in [0.29, 0.717) is 6.07 Å². The molecule has 3 aromatic carbocycles. The molecule has 1 aliphatic carbocycles. The highest BCUT2D eigenvalue weighted by Crippen LogP contribution is 2.38. The van der Waals surface area contributed by atoms with Crippen LogP contribution in [0.4, 0.5) is 37.7 Å². The van der Waals surface area contributed by atoms with Crippen molar-refractivity contribution in [1.82, 2.24) is 0 Å². The van der Waals surface area contributed by atoms with Crippen LogP contribution in [0.25, 0.3) is 0 Å². The molecule has 2 amide bonds. The van der Waals surface area contributed by atoms with Crippen molar-refractivity contribution in [1.29, 1.82) is 0 Å². The fraction of sp³-hybridized carbons (Fsp3) is 0.172. The number of anilines is 2. The van der Waals surface area contributed by atoms with Crippen molar-refractivity contribution >= 4 is 33.0 Å². The minimum atomic E-state index is -4.63. The Labute approximate surface area is 236 Å². The number of nitrogens with one attached hydrogen (secondary N) is 2. The summed E-state index contributed by atoms with van der Waals surface area (Å²) in [6.07, 6.45) is -6.17. The average Bonchev–Trinajstić information content (AvgIpc) is 2.93. The molecule has 4 rings (SSSR count). The molecular weight excluding hydrogens is 586 g/mol. The first-order valence-electron chi connectivity index (χ1n) is 12.2. The predicted octanol–water partition coefficient (Wildman–Crippen LogP) is 7.18. The smallest absolute Gasteiger partial charge is 0.325 e. The van der Waals surface area contributed by atoms with Gasteiger partial charge >= 0.3 is 12.4 Å². The van der Waals surface area contributed by atoms with Gasteiger partial charge in [0.15, 0.2) is 0 Å². The molecule has 0 aromatic heterocycles. The lowest BCUT2D eigenvalue weighted by molar-refractivity contribution is -0.137. The third kappa shape index (κ3) is 6.73. The summed E-state index contributed by atoms with van der Waals surface area (Å²) < 4.78 is 104. The number of carbonyl (C=O) groups is 2. The molecule has 0 radical (unpaired) electrons. The first kappa shape index (κ1) is 30.6. The summed E-state index contributed by atoms with van der Waals surface area (Å²) in [6, 6.07) is 13.8. The number of carbonyl (C=O) groups excluding carboxylic acids is 2.